The molecule has 1 amide bonds. The molecule has 2 N–H and O–H groups in total. The van der Waals surface area contributed by atoms with E-state index < -0.39 is 5.97 Å². The number of carboxylic acids is 1. The van der Waals surface area contributed by atoms with E-state index in [1.54, 1.807) is 0 Å². The number of carbonyl (C=O) groups is 2. The van der Waals surface area contributed by atoms with E-state index in [9.17, 15) is 9.59 Å². The van der Waals surface area contributed by atoms with Crippen LogP contribution in [-0.2, 0) is 16.0 Å². The Bertz CT molecular complexity index is 557. The third-order valence-corrected chi connectivity index (χ3v) is 4.02. The minimum Gasteiger partial charge on any atom is -0.491 e. The molecule has 0 bridgehead atoms. The van der Waals surface area contributed by atoms with Crippen molar-refractivity contribution in [3.63, 3.8) is 0 Å². The monoisotopic (exact) mass is 334 g/mol. The third-order valence-electron chi connectivity index (χ3n) is 4.02. The first-order valence-corrected chi connectivity index (χ1v) is 8.41. The van der Waals surface area contributed by atoms with E-state index in [2.05, 4.69) is 5.32 Å². The number of nitrogens with one attached hydrogen (secondary N) is 1. The van der Waals surface area contributed by atoms with Gasteiger partial charge in [0, 0.05) is 13.1 Å². The summed E-state index contributed by atoms with van der Waals surface area (Å²) in [5.74, 6) is -0.326. The van der Waals surface area contributed by atoms with Crippen molar-refractivity contribution < 1.29 is 19.4 Å². The molecule has 1 saturated heterocycles. The molecule has 0 spiro atoms. The fraction of sp³-hybridized carbons (Fsp3) is 0.556. The number of rotatable bonds is 8. The largest absolute Gasteiger partial charge is 0.491 e. The van der Waals surface area contributed by atoms with E-state index in [1.807, 2.05) is 43.0 Å². The zero-order chi connectivity index (χ0) is 17.5. The number of hydrogen-bond acceptors (Lipinski definition) is 4. The van der Waals surface area contributed by atoms with Crippen molar-refractivity contribution in [3.05, 3.63) is 29.8 Å². The summed E-state index contributed by atoms with van der Waals surface area (Å²) in [7, 11) is 0. The second-order valence-electron chi connectivity index (χ2n) is 6.47. The highest BCUT2D eigenvalue weighted by molar-refractivity contribution is 5.78. The highest BCUT2D eigenvalue weighted by Crippen LogP contribution is 2.16. The number of carbonyl (C=O) groups excluding carboxylic acids is 1. The molecule has 0 radical (unpaired) electrons. The van der Waals surface area contributed by atoms with E-state index in [0.717, 1.165) is 17.7 Å². The number of likely N-dealkylation sites (tertiary alicyclic amines) is 1. The topological polar surface area (TPSA) is 78.9 Å². The summed E-state index contributed by atoms with van der Waals surface area (Å²) in [6, 6.07) is 7.88. The molecule has 0 aliphatic carbocycles. The van der Waals surface area contributed by atoms with Gasteiger partial charge in [-0.15, -0.1) is 0 Å². The number of nitrogens with zero attached hydrogens (tertiary/aromatic N) is 1. The van der Waals surface area contributed by atoms with Crippen LogP contribution in [0.1, 0.15) is 25.8 Å². The Balaban J connectivity index is 1.66. The Morgan fingerprint density at radius 1 is 1.33 bits per heavy atom. The number of carboxylic acid groups (broad SMARTS) is 1. The van der Waals surface area contributed by atoms with Gasteiger partial charge in [0.1, 0.15) is 5.75 Å². The molecule has 1 aliphatic heterocycles. The van der Waals surface area contributed by atoms with Gasteiger partial charge in [-0.1, -0.05) is 12.1 Å². The standard InChI is InChI=1S/C18H26N2O4/c1-13(2)24-16-5-3-14(4-6-16)7-9-19-17(21)12-20-10-8-15(11-20)18(22)23/h3-6,13,15H,7-12H2,1-2H3,(H,19,21)(H,22,23). The van der Waals surface area contributed by atoms with Crippen LogP contribution in [0, 0.1) is 5.92 Å². The predicted octanol–water partition coefficient (Wildman–Crippen LogP) is 1.54. The van der Waals surface area contributed by atoms with Crippen molar-refractivity contribution in [3.8, 4) is 5.75 Å². The summed E-state index contributed by atoms with van der Waals surface area (Å²) >= 11 is 0. The maximum absolute atomic E-state index is 11.9. The maximum Gasteiger partial charge on any atom is 0.307 e. The molecule has 1 fully saturated rings. The van der Waals surface area contributed by atoms with Crippen LogP contribution in [0.4, 0.5) is 0 Å². The lowest BCUT2D eigenvalue weighted by Gasteiger charge is -2.15. The number of hydrogen-bond donors (Lipinski definition) is 2. The second kappa shape index (κ2) is 8.68. The number of aliphatic carboxylic acids is 1. The van der Waals surface area contributed by atoms with Gasteiger partial charge in [0.15, 0.2) is 0 Å². The highest BCUT2D eigenvalue weighted by atomic mass is 16.5. The van der Waals surface area contributed by atoms with Crippen LogP contribution >= 0.6 is 0 Å². The van der Waals surface area contributed by atoms with Crippen LogP contribution in [0.15, 0.2) is 24.3 Å². The zero-order valence-corrected chi connectivity index (χ0v) is 14.3. The average molecular weight is 334 g/mol. The molecular formula is C18H26N2O4. The number of benzene rings is 1. The molecule has 24 heavy (non-hydrogen) atoms. The normalized spacial score (nSPS) is 17.9. The quantitative estimate of drug-likeness (QED) is 0.754. The van der Waals surface area contributed by atoms with Gasteiger partial charge in [-0.3, -0.25) is 14.5 Å². The summed E-state index contributed by atoms with van der Waals surface area (Å²) in [4.78, 5) is 24.7. The van der Waals surface area contributed by atoms with E-state index in [1.165, 1.54) is 0 Å². The van der Waals surface area contributed by atoms with Crippen LogP contribution in [0.5, 0.6) is 5.75 Å². The third kappa shape index (κ3) is 5.85. The SMILES string of the molecule is CC(C)Oc1ccc(CCNC(=O)CN2CCC(C(=O)O)C2)cc1. The van der Waals surface area contributed by atoms with Gasteiger partial charge < -0.3 is 15.2 Å². The van der Waals surface area contributed by atoms with Crippen LogP contribution in [0.25, 0.3) is 0 Å². The summed E-state index contributed by atoms with van der Waals surface area (Å²) in [5, 5.41) is 11.9. The fourth-order valence-corrected chi connectivity index (χ4v) is 2.79. The Morgan fingerprint density at radius 2 is 2.04 bits per heavy atom. The van der Waals surface area contributed by atoms with E-state index >= 15 is 0 Å². The first kappa shape index (κ1) is 18.3. The molecule has 132 valence electrons. The van der Waals surface area contributed by atoms with Crippen molar-refractivity contribution >= 4 is 11.9 Å². The molecule has 1 aliphatic rings. The maximum atomic E-state index is 11.9. The van der Waals surface area contributed by atoms with Gasteiger partial charge in [0.2, 0.25) is 5.91 Å². The Hall–Kier alpha value is -2.08. The smallest absolute Gasteiger partial charge is 0.307 e. The van der Waals surface area contributed by atoms with E-state index in [0.29, 0.717) is 26.1 Å². The zero-order valence-electron chi connectivity index (χ0n) is 14.3. The Labute approximate surface area is 142 Å². The molecule has 1 aromatic carbocycles. The average Bonchev–Trinajstić information content (AvgIpc) is 2.97. The van der Waals surface area contributed by atoms with Crippen LogP contribution < -0.4 is 10.1 Å². The molecule has 6 heteroatoms. The first-order chi connectivity index (χ1) is 11.4. The van der Waals surface area contributed by atoms with Gasteiger partial charge in [-0.25, -0.2) is 0 Å². The lowest BCUT2D eigenvalue weighted by Crippen LogP contribution is -2.37. The van der Waals surface area contributed by atoms with Crippen LogP contribution in [0.2, 0.25) is 0 Å². The number of amides is 1. The molecule has 2 rings (SSSR count). The molecule has 0 aromatic heterocycles. The predicted molar refractivity (Wildman–Crippen MR) is 91.1 cm³/mol. The van der Waals surface area contributed by atoms with Gasteiger partial charge in [0.05, 0.1) is 18.6 Å². The van der Waals surface area contributed by atoms with Gasteiger partial charge in [-0.05, 0) is 50.9 Å². The van der Waals surface area contributed by atoms with Crippen molar-refractivity contribution in [2.75, 3.05) is 26.2 Å². The lowest BCUT2D eigenvalue weighted by atomic mass is 10.1. The fourth-order valence-electron chi connectivity index (χ4n) is 2.79. The van der Waals surface area contributed by atoms with Crippen molar-refractivity contribution in [2.45, 2.75) is 32.8 Å². The molecular weight excluding hydrogens is 308 g/mol. The summed E-state index contributed by atoms with van der Waals surface area (Å²) in [5.41, 5.74) is 1.14. The van der Waals surface area contributed by atoms with E-state index in [-0.39, 0.29) is 24.5 Å². The van der Waals surface area contributed by atoms with Gasteiger partial charge in [-0.2, -0.15) is 0 Å². The van der Waals surface area contributed by atoms with Crippen LogP contribution in [-0.4, -0.2) is 54.2 Å². The first-order valence-electron chi connectivity index (χ1n) is 8.41. The molecule has 1 heterocycles. The lowest BCUT2D eigenvalue weighted by molar-refractivity contribution is -0.141. The second-order valence-corrected chi connectivity index (χ2v) is 6.47. The molecule has 1 unspecified atom stereocenters. The summed E-state index contributed by atoms with van der Waals surface area (Å²) in [6.45, 7) is 5.94. The van der Waals surface area contributed by atoms with Gasteiger partial charge >= 0.3 is 5.97 Å². The van der Waals surface area contributed by atoms with Crippen molar-refractivity contribution in [2.24, 2.45) is 5.92 Å². The Morgan fingerprint density at radius 3 is 2.62 bits per heavy atom. The van der Waals surface area contributed by atoms with Crippen molar-refractivity contribution in [1.82, 2.24) is 10.2 Å². The minimum atomic E-state index is -0.775. The summed E-state index contributed by atoms with van der Waals surface area (Å²) < 4.78 is 5.59. The molecule has 0 saturated carbocycles. The minimum absolute atomic E-state index is 0.0548. The van der Waals surface area contributed by atoms with Crippen LogP contribution in [0.3, 0.4) is 0 Å². The highest BCUT2D eigenvalue weighted by Gasteiger charge is 2.28. The summed E-state index contributed by atoms with van der Waals surface area (Å²) in [6.07, 6.45) is 1.53. The van der Waals surface area contributed by atoms with E-state index in [4.69, 9.17) is 9.84 Å². The van der Waals surface area contributed by atoms with Gasteiger partial charge in [0.25, 0.3) is 0 Å². The molecule has 1 aromatic rings. The molecule has 1 atom stereocenters. The Kier molecular flexibility index (Phi) is 6.61. The van der Waals surface area contributed by atoms with Crippen molar-refractivity contribution in [1.29, 1.82) is 0 Å². The molecule has 6 nitrogen and oxygen atoms in total. The number of ether oxygens (including phenoxy) is 1.